The molecule has 2 N–H and O–H groups in total. The van der Waals surface area contributed by atoms with Gasteiger partial charge in [-0.05, 0) is 31.0 Å². The predicted molar refractivity (Wildman–Crippen MR) is 88.5 cm³/mol. The fraction of sp³-hybridized carbons (Fsp3) is 0.167. The molecule has 26 heavy (non-hydrogen) atoms. The monoisotopic (exact) mass is 353 g/mol. The van der Waals surface area contributed by atoms with Crippen LogP contribution in [0.2, 0.25) is 0 Å². The number of nitrogens with zero attached hydrogens (tertiary/aromatic N) is 4. The van der Waals surface area contributed by atoms with Crippen molar-refractivity contribution >= 4 is 5.91 Å². The van der Waals surface area contributed by atoms with Gasteiger partial charge >= 0.3 is 0 Å². The molecule has 8 heteroatoms. The lowest BCUT2D eigenvalue weighted by Crippen LogP contribution is -2.29. The van der Waals surface area contributed by atoms with Gasteiger partial charge in [-0.25, -0.2) is 13.8 Å². The van der Waals surface area contributed by atoms with Crippen molar-refractivity contribution in [2.24, 2.45) is 5.73 Å². The second-order valence-electron chi connectivity index (χ2n) is 6.12. The zero-order valence-electron chi connectivity index (χ0n) is 13.5. The minimum absolute atomic E-state index is 0.184. The molecule has 0 saturated heterocycles. The van der Waals surface area contributed by atoms with Crippen LogP contribution >= 0.6 is 0 Å². The third-order valence-electron chi connectivity index (χ3n) is 4.48. The van der Waals surface area contributed by atoms with Gasteiger partial charge in [0.2, 0.25) is 5.91 Å². The van der Waals surface area contributed by atoms with Crippen molar-refractivity contribution in [3.05, 3.63) is 60.3 Å². The summed E-state index contributed by atoms with van der Waals surface area (Å²) in [6.07, 6.45) is 6.13. The van der Waals surface area contributed by atoms with Gasteiger partial charge < -0.3 is 5.73 Å². The van der Waals surface area contributed by atoms with E-state index >= 15 is 0 Å². The van der Waals surface area contributed by atoms with Crippen LogP contribution in [0, 0.1) is 11.6 Å². The molecule has 0 spiro atoms. The highest BCUT2D eigenvalue weighted by Gasteiger charge is 2.52. The molecule has 0 bridgehead atoms. The van der Waals surface area contributed by atoms with Crippen LogP contribution in [0.4, 0.5) is 8.78 Å². The van der Waals surface area contributed by atoms with Crippen molar-refractivity contribution in [1.82, 2.24) is 19.9 Å². The number of rotatable bonds is 4. The summed E-state index contributed by atoms with van der Waals surface area (Å²) in [7, 11) is 0. The number of pyridine rings is 2. The number of primary amides is 1. The maximum Gasteiger partial charge on any atom is 0.229 e. The van der Waals surface area contributed by atoms with E-state index in [-0.39, 0.29) is 17.0 Å². The van der Waals surface area contributed by atoms with Gasteiger partial charge in [0.1, 0.15) is 17.2 Å². The van der Waals surface area contributed by atoms with Crippen molar-refractivity contribution in [3.63, 3.8) is 0 Å². The smallest absolute Gasteiger partial charge is 0.229 e. The molecular formula is C18H13F2N5O. The normalized spacial score (nSPS) is 14.8. The molecule has 1 fully saturated rings. The summed E-state index contributed by atoms with van der Waals surface area (Å²) in [5, 5.41) is 0. The Morgan fingerprint density at radius 2 is 1.85 bits per heavy atom. The van der Waals surface area contributed by atoms with Crippen LogP contribution in [0.1, 0.15) is 18.5 Å². The van der Waals surface area contributed by atoms with Crippen LogP contribution in [0.15, 0.2) is 43.0 Å². The molecule has 3 aromatic heterocycles. The number of halogens is 2. The van der Waals surface area contributed by atoms with E-state index in [0.29, 0.717) is 24.2 Å². The first-order chi connectivity index (χ1) is 12.5. The Balaban J connectivity index is 1.93. The first kappa shape index (κ1) is 16.2. The van der Waals surface area contributed by atoms with Gasteiger partial charge in [0.25, 0.3) is 0 Å². The standard InChI is InChI=1S/C18H13F2N5O/c19-10-1-2-13(23-7-10)16-15(11-3-6-22-8-12(11)20)24-9-14(25-16)18(4-5-18)17(21)26/h1-3,6-9H,4-5H2,(H2,21,26). The quantitative estimate of drug-likeness (QED) is 0.777. The highest BCUT2D eigenvalue weighted by atomic mass is 19.1. The molecule has 0 radical (unpaired) electrons. The van der Waals surface area contributed by atoms with Crippen molar-refractivity contribution < 1.29 is 13.6 Å². The minimum Gasteiger partial charge on any atom is -0.369 e. The van der Waals surface area contributed by atoms with Crippen molar-refractivity contribution in [2.45, 2.75) is 18.3 Å². The molecule has 0 aliphatic heterocycles. The summed E-state index contributed by atoms with van der Waals surface area (Å²) in [5.74, 6) is -1.56. The Morgan fingerprint density at radius 1 is 1.04 bits per heavy atom. The van der Waals surface area contributed by atoms with E-state index in [1.54, 1.807) is 0 Å². The fourth-order valence-electron chi connectivity index (χ4n) is 2.83. The third kappa shape index (κ3) is 2.59. The van der Waals surface area contributed by atoms with Gasteiger partial charge in [-0.1, -0.05) is 0 Å². The van der Waals surface area contributed by atoms with Crippen LogP contribution in [-0.4, -0.2) is 25.8 Å². The van der Waals surface area contributed by atoms with Crippen LogP contribution in [0.3, 0.4) is 0 Å². The molecule has 1 saturated carbocycles. The van der Waals surface area contributed by atoms with Gasteiger partial charge in [0.05, 0.1) is 35.4 Å². The second-order valence-corrected chi connectivity index (χ2v) is 6.12. The predicted octanol–water partition coefficient (Wildman–Crippen LogP) is 2.40. The number of hydrogen-bond acceptors (Lipinski definition) is 5. The lowest BCUT2D eigenvalue weighted by Gasteiger charge is -2.14. The topological polar surface area (TPSA) is 94.7 Å². The van der Waals surface area contributed by atoms with E-state index in [1.807, 2.05) is 0 Å². The van der Waals surface area contributed by atoms with E-state index in [4.69, 9.17) is 5.73 Å². The Hall–Kier alpha value is -3.29. The molecule has 0 atom stereocenters. The Kier molecular flexibility index (Phi) is 3.68. The van der Waals surface area contributed by atoms with Crippen LogP contribution in [0.5, 0.6) is 0 Å². The molecule has 4 rings (SSSR count). The third-order valence-corrected chi connectivity index (χ3v) is 4.48. The van der Waals surface area contributed by atoms with Gasteiger partial charge in [-0.3, -0.25) is 19.7 Å². The van der Waals surface area contributed by atoms with Gasteiger partial charge in [-0.2, -0.15) is 0 Å². The number of hydrogen-bond donors (Lipinski definition) is 1. The molecule has 3 heterocycles. The number of carbonyl (C=O) groups excluding carboxylic acids is 1. The van der Waals surface area contributed by atoms with Crippen molar-refractivity contribution in [2.75, 3.05) is 0 Å². The number of aromatic nitrogens is 4. The maximum absolute atomic E-state index is 14.2. The minimum atomic E-state index is -0.850. The van der Waals surface area contributed by atoms with E-state index in [1.165, 1.54) is 30.6 Å². The SMILES string of the molecule is NC(=O)C1(c2cnc(-c3ccncc3F)c(-c3ccc(F)cn3)n2)CC1. The summed E-state index contributed by atoms with van der Waals surface area (Å²) < 4.78 is 27.5. The zero-order chi connectivity index (χ0) is 18.3. The molecule has 1 aliphatic rings. The fourth-order valence-corrected chi connectivity index (χ4v) is 2.83. The van der Waals surface area contributed by atoms with Gasteiger partial charge in [0.15, 0.2) is 5.82 Å². The van der Waals surface area contributed by atoms with Gasteiger partial charge in [-0.15, -0.1) is 0 Å². The van der Waals surface area contributed by atoms with Gasteiger partial charge in [0, 0.05) is 11.8 Å². The Labute approximate surface area is 147 Å². The van der Waals surface area contributed by atoms with E-state index in [0.717, 1.165) is 12.4 Å². The van der Waals surface area contributed by atoms with E-state index in [9.17, 15) is 13.6 Å². The Morgan fingerprint density at radius 3 is 2.46 bits per heavy atom. The zero-order valence-corrected chi connectivity index (χ0v) is 13.5. The molecule has 0 unspecified atom stereocenters. The first-order valence-corrected chi connectivity index (χ1v) is 7.90. The molecular weight excluding hydrogens is 340 g/mol. The van der Waals surface area contributed by atoms with Crippen LogP contribution in [-0.2, 0) is 10.2 Å². The summed E-state index contributed by atoms with van der Waals surface area (Å²) in [4.78, 5) is 28.4. The molecule has 0 aromatic carbocycles. The summed E-state index contributed by atoms with van der Waals surface area (Å²) in [5.41, 5.74) is 6.04. The lowest BCUT2D eigenvalue weighted by molar-refractivity contribution is -0.120. The Bertz CT molecular complexity index is 1000. The first-order valence-electron chi connectivity index (χ1n) is 7.90. The van der Waals surface area contributed by atoms with Crippen molar-refractivity contribution in [3.8, 4) is 22.6 Å². The van der Waals surface area contributed by atoms with Crippen LogP contribution < -0.4 is 5.73 Å². The second kappa shape index (κ2) is 5.91. The van der Waals surface area contributed by atoms with Crippen molar-refractivity contribution in [1.29, 1.82) is 0 Å². The molecule has 6 nitrogen and oxygen atoms in total. The average Bonchev–Trinajstić information content (AvgIpc) is 3.45. The maximum atomic E-state index is 14.2. The van der Waals surface area contributed by atoms with E-state index < -0.39 is 23.0 Å². The molecule has 1 aliphatic carbocycles. The number of carbonyl (C=O) groups is 1. The lowest BCUT2D eigenvalue weighted by atomic mass is 10.0. The molecule has 130 valence electrons. The molecule has 1 amide bonds. The largest absolute Gasteiger partial charge is 0.369 e. The van der Waals surface area contributed by atoms with Crippen LogP contribution in [0.25, 0.3) is 22.6 Å². The highest BCUT2D eigenvalue weighted by molar-refractivity contribution is 5.89. The summed E-state index contributed by atoms with van der Waals surface area (Å²) in [6, 6.07) is 4.12. The number of amides is 1. The summed E-state index contributed by atoms with van der Waals surface area (Å²) in [6.45, 7) is 0. The molecule has 3 aromatic rings. The summed E-state index contributed by atoms with van der Waals surface area (Å²) >= 11 is 0. The average molecular weight is 353 g/mol. The number of nitrogens with two attached hydrogens (primary N) is 1. The van der Waals surface area contributed by atoms with E-state index in [2.05, 4.69) is 19.9 Å². The highest BCUT2D eigenvalue weighted by Crippen LogP contribution is 2.47.